The Balaban J connectivity index is 2.82. The molecular weight excluding hydrogens is 130 g/mol. The Morgan fingerprint density at radius 1 is 1.88 bits per heavy atom. The van der Waals surface area contributed by atoms with E-state index in [1.807, 2.05) is 6.92 Å². The van der Waals surface area contributed by atoms with Gasteiger partial charge in [-0.2, -0.15) is 4.21 Å². The monoisotopic (exact) mass is 139 g/mol. The summed E-state index contributed by atoms with van der Waals surface area (Å²) in [5.41, 5.74) is 0. The molecule has 0 saturated carbocycles. The highest BCUT2D eigenvalue weighted by molar-refractivity contribution is 7.74. The molecule has 0 fully saturated rings. The van der Waals surface area contributed by atoms with Gasteiger partial charge < -0.3 is 0 Å². The van der Waals surface area contributed by atoms with Gasteiger partial charge in [0.25, 0.3) is 0 Å². The van der Waals surface area contributed by atoms with E-state index in [1.54, 1.807) is 0 Å². The van der Waals surface area contributed by atoms with Crippen LogP contribution in [0.2, 0.25) is 0 Å². The van der Waals surface area contributed by atoms with E-state index in [9.17, 15) is 4.21 Å². The lowest BCUT2D eigenvalue weighted by molar-refractivity contribution is 0.281. The van der Waals surface area contributed by atoms with Crippen molar-refractivity contribution in [2.24, 2.45) is 0 Å². The van der Waals surface area contributed by atoms with Gasteiger partial charge in [-0.15, -0.1) is 0 Å². The lowest BCUT2D eigenvalue weighted by atomic mass is 10.8. The van der Waals surface area contributed by atoms with Crippen molar-refractivity contribution in [3.05, 3.63) is 0 Å². The third kappa shape index (κ3) is 6.03. The molecule has 0 radical (unpaired) electrons. The van der Waals surface area contributed by atoms with Gasteiger partial charge in [-0.05, 0) is 6.54 Å². The van der Waals surface area contributed by atoms with Gasteiger partial charge in [0.1, 0.15) is 6.73 Å². The van der Waals surface area contributed by atoms with Gasteiger partial charge in [0, 0.05) is 0 Å². The smallest absolute Gasteiger partial charge is 0.294 e. The fraction of sp³-hybridized carbons (Fsp3) is 1.00. The van der Waals surface area contributed by atoms with E-state index in [0.717, 1.165) is 6.54 Å². The van der Waals surface area contributed by atoms with Gasteiger partial charge in [0.2, 0.25) is 0 Å². The second-order valence-corrected chi connectivity index (χ2v) is 1.75. The molecule has 0 aromatic rings. The Morgan fingerprint density at radius 2 is 2.50 bits per heavy atom. The third-order valence-corrected chi connectivity index (χ3v) is 0.831. The maximum Gasteiger partial charge on any atom is 0.303 e. The van der Waals surface area contributed by atoms with Crippen molar-refractivity contribution in [2.45, 2.75) is 6.92 Å². The maximum absolute atomic E-state index is 9.72. The summed E-state index contributed by atoms with van der Waals surface area (Å²) in [7, 11) is 0. The Labute approximate surface area is 50.7 Å². The quantitative estimate of drug-likeness (QED) is 0.319. The first kappa shape index (κ1) is 8.03. The summed E-state index contributed by atoms with van der Waals surface area (Å²) in [6, 6.07) is 0. The highest BCUT2D eigenvalue weighted by atomic mass is 32.2. The van der Waals surface area contributed by atoms with Crippen LogP contribution in [-0.4, -0.2) is 22.0 Å². The lowest BCUT2D eigenvalue weighted by Gasteiger charge is -1.95. The summed E-state index contributed by atoms with van der Waals surface area (Å²) in [4.78, 5) is 0. The second-order valence-electron chi connectivity index (χ2n) is 1.08. The van der Waals surface area contributed by atoms with E-state index < -0.39 is 11.4 Å². The first-order valence-corrected chi connectivity index (χ1v) is 3.25. The van der Waals surface area contributed by atoms with Gasteiger partial charge in [-0.1, -0.05) is 6.92 Å². The van der Waals surface area contributed by atoms with E-state index >= 15 is 0 Å². The molecule has 50 valence electrons. The van der Waals surface area contributed by atoms with E-state index in [-0.39, 0.29) is 6.73 Å². The van der Waals surface area contributed by atoms with Crippen molar-refractivity contribution >= 4 is 11.4 Å². The van der Waals surface area contributed by atoms with E-state index in [4.69, 9.17) is 4.55 Å². The zero-order chi connectivity index (χ0) is 6.41. The van der Waals surface area contributed by atoms with Crippen molar-refractivity contribution in [3.63, 3.8) is 0 Å². The summed E-state index contributed by atoms with van der Waals surface area (Å²) in [5.74, 6) is 0. The first-order valence-electron chi connectivity index (χ1n) is 2.22. The third-order valence-electron chi connectivity index (χ3n) is 0.512. The molecular formula is C3H9NO3S. The summed E-state index contributed by atoms with van der Waals surface area (Å²) < 4.78 is 21.9. The summed E-state index contributed by atoms with van der Waals surface area (Å²) >= 11 is -2.13. The number of nitrogens with one attached hydrogen (secondary N) is 1. The van der Waals surface area contributed by atoms with Gasteiger partial charge in [0.15, 0.2) is 0 Å². The Morgan fingerprint density at radius 3 is 2.88 bits per heavy atom. The van der Waals surface area contributed by atoms with Gasteiger partial charge in [-0.25, -0.2) is 0 Å². The average Bonchev–Trinajstić information content (AvgIpc) is 1.66. The van der Waals surface area contributed by atoms with Crippen molar-refractivity contribution in [2.75, 3.05) is 13.3 Å². The normalized spacial score (nSPS) is 13.8. The Hall–Kier alpha value is 0.0300. The van der Waals surface area contributed by atoms with Crippen molar-refractivity contribution in [1.29, 1.82) is 0 Å². The Kier molecular flexibility index (Phi) is 5.19. The van der Waals surface area contributed by atoms with Crippen LogP contribution in [0.1, 0.15) is 6.92 Å². The summed E-state index contributed by atoms with van der Waals surface area (Å²) in [6.07, 6.45) is 0. The molecule has 0 aliphatic heterocycles. The van der Waals surface area contributed by atoms with Crippen LogP contribution in [0.25, 0.3) is 0 Å². The highest BCUT2D eigenvalue weighted by Crippen LogP contribution is 1.72. The van der Waals surface area contributed by atoms with E-state index in [2.05, 4.69) is 9.50 Å². The molecule has 2 N–H and O–H groups in total. The van der Waals surface area contributed by atoms with Crippen LogP contribution >= 0.6 is 0 Å². The zero-order valence-corrected chi connectivity index (χ0v) is 5.40. The molecule has 0 amide bonds. The molecule has 0 aliphatic carbocycles. The minimum Gasteiger partial charge on any atom is -0.294 e. The molecule has 0 aliphatic rings. The molecule has 8 heavy (non-hydrogen) atoms. The summed E-state index contributed by atoms with van der Waals surface area (Å²) in [6.45, 7) is 2.74. The van der Waals surface area contributed by atoms with Crippen LogP contribution in [0.15, 0.2) is 0 Å². The van der Waals surface area contributed by atoms with E-state index in [1.165, 1.54) is 0 Å². The molecule has 1 unspecified atom stereocenters. The number of hydrogen-bond donors (Lipinski definition) is 2. The molecule has 0 spiro atoms. The van der Waals surface area contributed by atoms with Crippen molar-refractivity contribution < 1.29 is 12.9 Å². The molecule has 0 rings (SSSR count). The van der Waals surface area contributed by atoms with E-state index in [0.29, 0.717) is 0 Å². The number of rotatable bonds is 4. The standard InChI is InChI=1S/C3H9NO3S/c1-2-4-3-7-8(5)6/h4H,2-3H2,1H3,(H,5,6). The zero-order valence-electron chi connectivity index (χ0n) is 4.59. The highest BCUT2D eigenvalue weighted by Gasteiger charge is 1.87. The predicted octanol–water partition coefficient (Wildman–Crippen LogP) is -0.293. The molecule has 0 aromatic heterocycles. The maximum atomic E-state index is 9.72. The number of hydrogen-bond acceptors (Lipinski definition) is 3. The van der Waals surface area contributed by atoms with Crippen LogP contribution in [0.4, 0.5) is 0 Å². The predicted molar refractivity (Wildman–Crippen MR) is 30.4 cm³/mol. The first-order chi connectivity index (χ1) is 3.77. The molecule has 0 bridgehead atoms. The minimum absolute atomic E-state index is 0.125. The van der Waals surface area contributed by atoms with Crippen molar-refractivity contribution in [3.8, 4) is 0 Å². The molecule has 0 heterocycles. The molecule has 1 atom stereocenters. The van der Waals surface area contributed by atoms with Crippen LogP contribution in [0.5, 0.6) is 0 Å². The topological polar surface area (TPSA) is 58.6 Å². The lowest BCUT2D eigenvalue weighted by Crippen LogP contribution is -2.17. The van der Waals surface area contributed by atoms with Crippen LogP contribution in [-0.2, 0) is 15.5 Å². The summed E-state index contributed by atoms with van der Waals surface area (Å²) in [5, 5.41) is 2.70. The van der Waals surface area contributed by atoms with Gasteiger partial charge in [0.05, 0.1) is 0 Å². The second kappa shape index (κ2) is 5.17. The van der Waals surface area contributed by atoms with Crippen LogP contribution in [0, 0.1) is 0 Å². The fourth-order valence-corrected chi connectivity index (χ4v) is 0.378. The van der Waals surface area contributed by atoms with Crippen molar-refractivity contribution in [1.82, 2.24) is 5.32 Å². The average molecular weight is 139 g/mol. The molecule has 0 saturated heterocycles. The van der Waals surface area contributed by atoms with Gasteiger partial charge >= 0.3 is 11.4 Å². The van der Waals surface area contributed by atoms with Gasteiger partial charge in [-0.3, -0.25) is 14.1 Å². The molecule has 5 heteroatoms. The van der Waals surface area contributed by atoms with Crippen LogP contribution in [0.3, 0.4) is 0 Å². The fourth-order valence-electron chi connectivity index (χ4n) is 0.194. The largest absolute Gasteiger partial charge is 0.303 e. The Bertz CT molecular complexity index is 76.9. The molecule has 4 nitrogen and oxygen atoms in total. The SMILES string of the molecule is CCNCOS(=O)O. The molecule has 0 aromatic carbocycles. The minimum atomic E-state index is -2.13. The van der Waals surface area contributed by atoms with Crippen LogP contribution < -0.4 is 5.32 Å².